The summed E-state index contributed by atoms with van der Waals surface area (Å²) in [6, 6.07) is 17.1. The Bertz CT molecular complexity index is 879. The van der Waals surface area contributed by atoms with Gasteiger partial charge in [0, 0.05) is 6.42 Å². The van der Waals surface area contributed by atoms with Crippen LogP contribution in [0.15, 0.2) is 78.9 Å². The van der Waals surface area contributed by atoms with Crippen molar-refractivity contribution in [3.8, 4) is 0 Å². The van der Waals surface area contributed by atoms with E-state index in [2.05, 4.69) is 4.74 Å². The second-order valence-corrected chi connectivity index (χ2v) is 6.39. The molecule has 0 fully saturated rings. The van der Waals surface area contributed by atoms with E-state index in [0.29, 0.717) is 5.56 Å². The Morgan fingerprint density at radius 3 is 2.18 bits per heavy atom. The van der Waals surface area contributed by atoms with Crippen LogP contribution in [0.25, 0.3) is 5.57 Å². The Kier molecular flexibility index (Phi) is 5.67. The third kappa shape index (κ3) is 4.32. The summed E-state index contributed by atoms with van der Waals surface area (Å²) in [6.45, 7) is 0. The maximum atomic E-state index is 13.3. The smallest absolute Gasteiger partial charge is 0.289 e. The lowest BCUT2D eigenvalue weighted by molar-refractivity contribution is -0.360. The van der Waals surface area contributed by atoms with Crippen LogP contribution in [0.4, 0.5) is 13.2 Å². The van der Waals surface area contributed by atoms with Crippen molar-refractivity contribution in [3.05, 3.63) is 90.0 Å². The fourth-order valence-electron chi connectivity index (χ4n) is 3.41. The number of hydroxylamine groups is 1. The van der Waals surface area contributed by atoms with Gasteiger partial charge in [-0.15, -0.1) is 13.2 Å². The number of benzene rings is 2. The highest BCUT2D eigenvalue weighted by Crippen LogP contribution is 2.44. The zero-order chi connectivity index (χ0) is 20.2. The highest BCUT2D eigenvalue weighted by molar-refractivity contribution is 5.86. The number of hydrogen-bond acceptors (Lipinski definition) is 3. The number of halogens is 3. The molecule has 2 atom stereocenters. The molecule has 0 radical (unpaired) electrons. The van der Waals surface area contributed by atoms with Crippen LogP contribution in [-0.2, 0) is 9.53 Å². The van der Waals surface area contributed by atoms with Gasteiger partial charge in [0.25, 0.3) is 5.91 Å². The third-order valence-corrected chi connectivity index (χ3v) is 4.59. The molecule has 0 spiro atoms. The molecule has 0 aliphatic heterocycles. The zero-order valence-electron chi connectivity index (χ0n) is 14.7. The van der Waals surface area contributed by atoms with E-state index < -0.39 is 23.8 Å². The molecule has 0 saturated carbocycles. The molecule has 2 unspecified atom stereocenters. The summed E-state index contributed by atoms with van der Waals surface area (Å²) in [5.41, 5.74) is 1.28. The van der Waals surface area contributed by atoms with Crippen molar-refractivity contribution in [3.63, 3.8) is 0 Å². The molecule has 28 heavy (non-hydrogen) atoms. The van der Waals surface area contributed by atoms with E-state index >= 15 is 0 Å². The molecule has 2 aromatic rings. The number of nitrogens with one attached hydrogen (secondary N) is 1. The van der Waals surface area contributed by atoms with Crippen LogP contribution in [0.5, 0.6) is 0 Å². The van der Waals surface area contributed by atoms with Gasteiger partial charge in [-0.3, -0.25) is 14.7 Å². The van der Waals surface area contributed by atoms with Gasteiger partial charge in [-0.2, -0.15) is 0 Å². The normalized spacial score (nSPS) is 20.4. The average Bonchev–Trinajstić information content (AvgIpc) is 2.69. The molecule has 146 valence electrons. The van der Waals surface area contributed by atoms with E-state index in [9.17, 15) is 18.0 Å². The van der Waals surface area contributed by atoms with Gasteiger partial charge in [-0.1, -0.05) is 78.9 Å². The second-order valence-electron chi connectivity index (χ2n) is 6.39. The maximum Gasteiger partial charge on any atom is 0.523 e. The summed E-state index contributed by atoms with van der Waals surface area (Å²) in [7, 11) is 0. The van der Waals surface area contributed by atoms with E-state index in [1.807, 2.05) is 30.3 Å². The lowest BCUT2D eigenvalue weighted by Gasteiger charge is -2.38. The van der Waals surface area contributed by atoms with Crippen molar-refractivity contribution in [2.45, 2.75) is 24.3 Å². The maximum absolute atomic E-state index is 13.3. The van der Waals surface area contributed by atoms with Crippen LogP contribution in [0.1, 0.15) is 23.5 Å². The van der Waals surface area contributed by atoms with E-state index in [-0.39, 0.29) is 6.42 Å². The van der Waals surface area contributed by atoms with Crippen LogP contribution in [-0.4, -0.2) is 23.1 Å². The van der Waals surface area contributed by atoms with Crippen molar-refractivity contribution in [2.75, 3.05) is 0 Å². The van der Waals surface area contributed by atoms with Gasteiger partial charge in [-0.25, -0.2) is 5.48 Å². The van der Waals surface area contributed by atoms with E-state index in [1.54, 1.807) is 24.3 Å². The number of amides is 1. The van der Waals surface area contributed by atoms with Crippen LogP contribution < -0.4 is 5.48 Å². The summed E-state index contributed by atoms with van der Waals surface area (Å²) in [4.78, 5) is 12.4. The number of alkyl halides is 3. The van der Waals surface area contributed by atoms with Gasteiger partial charge in [-0.05, 0) is 16.7 Å². The Labute approximate surface area is 159 Å². The van der Waals surface area contributed by atoms with Gasteiger partial charge in [0.1, 0.15) is 5.60 Å². The molecule has 7 heteroatoms. The molecule has 0 saturated heterocycles. The minimum atomic E-state index is -4.98. The summed E-state index contributed by atoms with van der Waals surface area (Å²) >= 11 is 0. The first-order valence-corrected chi connectivity index (χ1v) is 8.55. The Hall–Kier alpha value is -2.90. The van der Waals surface area contributed by atoms with Gasteiger partial charge >= 0.3 is 6.36 Å². The van der Waals surface area contributed by atoms with Gasteiger partial charge in [0.2, 0.25) is 0 Å². The molecular weight excluding hydrogens is 371 g/mol. The molecule has 0 bridgehead atoms. The largest absolute Gasteiger partial charge is 0.523 e. The summed E-state index contributed by atoms with van der Waals surface area (Å²) < 4.78 is 44.3. The second kappa shape index (κ2) is 8.00. The SMILES string of the molecule is O=C(NO)C(c1ccccc1)C1(OC(F)(F)F)C=CC(c2ccccc2)=CC1. The lowest BCUT2D eigenvalue weighted by atomic mass is 9.75. The van der Waals surface area contributed by atoms with E-state index in [4.69, 9.17) is 5.21 Å². The van der Waals surface area contributed by atoms with Gasteiger partial charge < -0.3 is 0 Å². The molecule has 4 nitrogen and oxygen atoms in total. The molecule has 1 amide bonds. The van der Waals surface area contributed by atoms with Crippen LogP contribution >= 0.6 is 0 Å². The highest BCUT2D eigenvalue weighted by Gasteiger charge is 2.50. The summed E-state index contributed by atoms with van der Waals surface area (Å²) in [5, 5.41) is 9.16. The number of carbonyl (C=O) groups is 1. The van der Waals surface area contributed by atoms with Crippen molar-refractivity contribution >= 4 is 11.5 Å². The standard InChI is InChI=1S/C21H18F3NO3/c22-21(23,24)28-20(18(19(26)25-27)17-9-5-2-6-10-17)13-11-16(12-14-20)15-7-3-1-4-8-15/h1-13,18,27H,14H2,(H,25,26). The van der Waals surface area contributed by atoms with E-state index in [1.165, 1.54) is 29.8 Å². The van der Waals surface area contributed by atoms with E-state index in [0.717, 1.165) is 11.1 Å². The molecule has 1 aliphatic carbocycles. The van der Waals surface area contributed by atoms with Gasteiger partial charge in [0.05, 0.1) is 5.92 Å². The highest BCUT2D eigenvalue weighted by atomic mass is 19.4. The fourth-order valence-corrected chi connectivity index (χ4v) is 3.41. The van der Waals surface area contributed by atoms with Crippen molar-refractivity contribution in [1.82, 2.24) is 5.48 Å². The van der Waals surface area contributed by atoms with Crippen molar-refractivity contribution < 1.29 is 27.9 Å². The summed E-state index contributed by atoms with van der Waals surface area (Å²) in [6.07, 6.45) is -0.839. The molecule has 0 aromatic heterocycles. The quantitative estimate of drug-likeness (QED) is 0.581. The number of carbonyl (C=O) groups excluding carboxylic acids is 1. The molecule has 1 aliphatic rings. The minimum Gasteiger partial charge on any atom is -0.289 e. The predicted octanol–water partition coefficient (Wildman–Crippen LogP) is 4.59. The molecule has 3 rings (SSSR count). The monoisotopic (exact) mass is 389 g/mol. The average molecular weight is 389 g/mol. The third-order valence-electron chi connectivity index (χ3n) is 4.59. The number of ether oxygens (including phenoxy) is 1. The topological polar surface area (TPSA) is 58.6 Å². The Morgan fingerprint density at radius 2 is 1.68 bits per heavy atom. The number of hydrogen-bond donors (Lipinski definition) is 2. The van der Waals surface area contributed by atoms with Crippen molar-refractivity contribution in [2.24, 2.45) is 0 Å². The molecule has 0 heterocycles. The predicted molar refractivity (Wildman–Crippen MR) is 97.2 cm³/mol. The number of allylic oxidation sites excluding steroid dienone is 2. The van der Waals surface area contributed by atoms with Crippen molar-refractivity contribution in [1.29, 1.82) is 0 Å². The fraction of sp³-hybridized carbons (Fsp3) is 0.190. The van der Waals surface area contributed by atoms with Crippen LogP contribution in [0.2, 0.25) is 0 Å². The lowest BCUT2D eigenvalue weighted by Crippen LogP contribution is -2.48. The van der Waals surface area contributed by atoms with Crippen LogP contribution in [0, 0.1) is 0 Å². The Morgan fingerprint density at radius 1 is 1.07 bits per heavy atom. The Balaban J connectivity index is 2.05. The molecular formula is C21H18F3NO3. The first-order valence-electron chi connectivity index (χ1n) is 8.55. The first-order chi connectivity index (χ1) is 13.3. The summed E-state index contributed by atoms with van der Waals surface area (Å²) in [5.74, 6) is -2.40. The van der Waals surface area contributed by atoms with Gasteiger partial charge in [0.15, 0.2) is 0 Å². The first kappa shape index (κ1) is 19.9. The number of rotatable bonds is 5. The molecule has 2 aromatic carbocycles. The minimum absolute atomic E-state index is 0.208. The zero-order valence-corrected chi connectivity index (χ0v) is 14.7. The molecule has 2 N–H and O–H groups in total. The van der Waals surface area contributed by atoms with Crippen LogP contribution in [0.3, 0.4) is 0 Å².